The highest BCUT2D eigenvalue weighted by molar-refractivity contribution is 9.28. The minimum absolute atomic E-state index is 0.114. The third kappa shape index (κ3) is 4.48. The lowest BCUT2D eigenvalue weighted by molar-refractivity contribution is -0.147. The zero-order valence-corrected chi connectivity index (χ0v) is 17.0. The molecule has 130 valence electrons. The number of esters is 2. The summed E-state index contributed by atoms with van der Waals surface area (Å²) in [4.78, 5) is 24.1. The van der Waals surface area contributed by atoms with Gasteiger partial charge in [0, 0.05) is 0 Å². The number of carbonyl (C=O) groups is 2. The highest BCUT2D eigenvalue weighted by Crippen LogP contribution is 2.60. The van der Waals surface area contributed by atoms with Crippen molar-refractivity contribution in [3.8, 4) is 0 Å². The first-order valence-corrected chi connectivity index (χ1v) is 9.31. The third-order valence-corrected chi connectivity index (χ3v) is 4.82. The fourth-order valence-corrected chi connectivity index (χ4v) is 3.39. The maximum absolute atomic E-state index is 12.3. The summed E-state index contributed by atoms with van der Waals surface area (Å²) in [5.74, 6) is -0.606. The second kappa shape index (κ2) is 7.83. The zero-order valence-electron chi connectivity index (χ0n) is 13.8. The average molecular weight is 460 g/mol. The molecule has 0 bridgehead atoms. The molecule has 1 aromatic rings. The third-order valence-electron chi connectivity index (χ3n) is 4.29. The maximum Gasteiger partial charge on any atom is 0.338 e. The summed E-state index contributed by atoms with van der Waals surface area (Å²) >= 11 is 6.67. The first-order valence-electron chi connectivity index (χ1n) is 7.73. The van der Waals surface area contributed by atoms with Gasteiger partial charge < -0.3 is 9.47 Å². The van der Waals surface area contributed by atoms with E-state index in [9.17, 15) is 9.59 Å². The lowest BCUT2D eigenvalue weighted by atomic mass is 10.1. The van der Waals surface area contributed by atoms with E-state index < -0.39 is 0 Å². The molecule has 1 saturated carbocycles. The van der Waals surface area contributed by atoms with Gasteiger partial charge in [-0.2, -0.15) is 0 Å². The van der Waals surface area contributed by atoms with Crippen LogP contribution in [0.15, 0.2) is 33.7 Å². The molecule has 0 radical (unpaired) electrons. The molecular weight excluding hydrogens is 440 g/mol. The Hall–Kier alpha value is -1.14. The zero-order chi connectivity index (χ0) is 17.9. The second-order valence-electron chi connectivity index (χ2n) is 6.31. The van der Waals surface area contributed by atoms with E-state index >= 15 is 0 Å². The van der Waals surface area contributed by atoms with Crippen LogP contribution in [-0.2, 0) is 20.9 Å². The normalized spacial score (nSPS) is 20.9. The minimum atomic E-state index is -0.374. The van der Waals surface area contributed by atoms with Crippen LogP contribution < -0.4 is 0 Å². The Labute approximate surface area is 158 Å². The predicted molar refractivity (Wildman–Crippen MR) is 98.9 cm³/mol. The van der Waals surface area contributed by atoms with E-state index in [1.807, 2.05) is 26.0 Å². The summed E-state index contributed by atoms with van der Waals surface area (Å²) in [5, 5.41) is 0. The topological polar surface area (TPSA) is 52.6 Å². The van der Waals surface area contributed by atoms with Crippen molar-refractivity contribution in [1.82, 2.24) is 0 Å². The molecule has 1 aromatic carbocycles. The van der Waals surface area contributed by atoms with E-state index in [2.05, 4.69) is 31.9 Å². The molecule has 4 nitrogen and oxygen atoms in total. The van der Waals surface area contributed by atoms with E-state index in [-0.39, 0.29) is 35.8 Å². The first kappa shape index (κ1) is 19.2. The largest absolute Gasteiger partial charge is 0.462 e. The van der Waals surface area contributed by atoms with Crippen molar-refractivity contribution in [2.75, 3.05) is 6.61 Å². The minimum Gasteiger partial charge on any atom is -0.462 e. The van der Waals surface area contributed by atoms with Crippen molar-refractivity contribution in [3.63, 3.8) is 0 Å². The Morgan fingerprint density at radius 2 is 1.96 bits per heavy atom. The molecule has 1 fully saturated rings. The van der Waals surface area contributed by atoms with Gasteiger partial charge in [-0.05, 0) is 67.8 Å². The lowest BCUT2D eigenvalue weighted by Gasteiger charge is -2.07. The Kier molecular flexibility index (Phi) is 6.26. The Morgan fingerprint density at radius 3 is 2.58 bits per heavy atom. The van der Waals surface area contributed by atoms with E-state index in [1.54, 1.807) is 25.1 Å². The van der Waals surface area contributed by atoms with Crippen molar-refractivity contribution in [1.29, 1.82) is 0 Å². The van der Waals surface area contributed by atoms with Crippen molar-refractivity contribution in [2.45, 2.75) is 27.4 Å². The summed E-state index contributed by atoms with van der Waals surface area (Å²) in [6.07, 6.45) is 1.98. The number of ether oxygens (including phenoxy) is 2. The molecule has 24 heavy (non-hydrogen) atoms. The van der Waals surface area contributed by atoms with Gasteiger partial charge in [0.1, 0.15) is 6.61 Å². The van der Waals surface area contributed by atoms with E-state index in [4.69, 9.17) is 9.47 Å². The number of allylic oxidation sites excluding steroid dienone is 1. The summed E-state index contributed by atoms with van der Waals surface area (Å²) in [6, 6.07) is 6.95. The molecule has 2 atom stereocenters. The van der Waals surface area contributed by atoms with Crippen LogP contribution in [0, 0.1) is 17.3 Å². The van der Waals surface area contributed by atoms with Crippen LogP contribution >= 0.6 is 31.9 Å². The highest BCUT2D eigenvalue weighted by atomic mass is 79.9. The number of halogens is 2. The number of benzene rings is 1. The van der Waals surface area contributed by atoms with Crippen LogP contribution in [0.1, 0.15) is 36.7 Å². The van der Waals surface area contributed by atoms with Gasteiger partial charge in [0.2, 0.25) is 0 Å². The molecule has 1 aliphatic rings. The Bertz CT molecular complexity index is 663. The molecular formula is C18H20Br2O4. The summed E-state index contributed by atoms with van der Waals surface area (Å²) in [6.45, 7) is 6.32. The van der Waals surface area contributed by atoms with Crippen LogP contribution in [-0.4, -0.2) is 18.5 Å². The van der Waals surface area contributed by atoms with Crippen molar-refractivity contribution in [2.24, 2.45) is 17.3 Å². The first-order chi connectivity index (χ1) is 11.3. The fraction of sp³-hybridized carbons (Fsp3) is 0.444. The molecule has 0 saturated heterocycles. The van der Waals surface area contributed by atoms with Gasteiger partial charge in [-0.15, -0.1) is 0 Å². The molecule has 0 heterocycles. The number of carbonyl (C=O) groups excluding carboxylic acids is 2. The molecule has 1 aliphatic carbocycles. The SMILES string of the molecule is CCOC(=O)c1cccc(COC(=O)[C@@H]2[C@H](C=C(Br)Br)C2(C)C)c1. The van der Waals surface area contributed by atoms with Gasteiger partial charge in [0.25, 0.3) is 0 Å². The van der Waals surface area contributed by atoms with Crippen molar-refractivity contribution in [3.05, 3.63) is 44.9 Å². The number of hydrogen-bond donors (Lipinski definition) is 0. The monoisotopic (exact) mass is 458 g/mol. The van der Waals surface area contributed by atoms with E-state index in [0.717, 1.165) is 8.96 Å². The summed E-state index contributed by atoms with van der Waals surface area (Å²) < 4.78 is 11.3. The van der Waals surface area contributed by atoms with Gasteiger partial charge in [-0.3, -0.25) is 4.79 Å². The van der Waals surface area contributed by atoms with Crippen LogP contribution in [0.3, 0.4) is 0 Å². The number of hydrogen-bond acceptors (Lipinski definition) is 4. The van der Waals surface area contributed by atoms with Crippen LogP contribution in [0.5, 0.6) is 0 Å². The van der Waals surface area contributed by atoms with Crippen LogP contribution in [0.25, 0.3) is 0 Å². The quantitative estimate of drug-likeness (QED) is 0.572. The molecule has 2 rings (SSSR count). The summed E-state index contributed by atoms with van der Waals surface area (Å²) in [7, 11) is 0. The van der Waals surface area contributed by atoms with Gasteiger partial charge in [0.15, 0.2) is 0 Å². The van der Waals surface area contributed by atoms with E-state index in [0.29, 0.717) is 12.2 Å². The van der Waals surface area contributed by atoms with Gasteiger partial charge in [-0.25, -0.2) is 4.79 Å². The molecule has 0 aromatic heterocycles. The molecule has 0 N–H and O–H groups in total. The van der Waals surface area contributed by atoms with E-state index in [1.165, 1.54) is 0 Å². The van der Waals surface area contributed by atoms with Gasteiger partial charge in [0.05, 0.1) is 21.5 Å². The van der Waals surface area contributed by atoms with Crippen LogP contribution in [0.4, 0.5) is 0 Å². The fourth-order valence-electron chi connectivity index (χ4n) is 2.82. The Morgan fingerprint density at radius 1 is 1.25 bits per heavy atom. The average Bonchev–Trinajstić information content (AvgIpc) is 3.05. The molecule has 0 unspecified atom stereocenters. The van der Waals surface area contributed by atoms with Gasteiger partial charge >= 0.3 is 11.9 Å². The maximum atomic E-state index is 12.3. The van der Waals surface area contributed by atoms with Crippen molar-refractivity contribution >= 4 is 43.8 Å². The van der Waals surface area contributed by atoms with Crippen molar-refractivity contribution < 1.29 is 19.1 Å². The lowest BCUT2D eigenvalue weighted by Crippen LogP contribution is -2.11. The van der Waals surface area contributed by atoms with Gasteiger partial charge in [-0.1, -0.05) is 32.1 Å². The second-order valence-corrected chi connectivity index (χ2v) is 9.08. The molecule has 0 amide bonds. The smallest absolute Gasteiger partial charge is 0.338 e. The highest BCUT2D eigenvalue weighted by Gasteiger charge is 2.61. The molecule has 6 heteroatoms. The predicted octanol–water partition coefficient (Wildman–Crippen LogP) is 4.81. The van der Waals surface area contributed by atoms with Crippen LogP contribution in [0.2, 0.25) is 0 Å². The summed E-state index contributed by atoms with van der Waals surface area (Å²) in [5.41, 5.74) is 1.11. The Balaban J connectivity index is 1.97. The standard InChI is InChI=1S/C18H20Br2O4/c1-4-23-16(21)12-7-5-6-11(8-12)10-24-17(22)15-13(9-14(19)20)18(15,2)3/h5-9,13,15H,4,10H2,1-3H3/t13-,15-/m0/s1. The molecule has 0 aliphatic heterocycles. The number of rotatable bonds is 6. The molecule has 0 spiro atoms.